The highest BCUT2D eigenvalue weighted by Gasteiger charge is 2.50. The van der Waals surface area contributed by atoms with Gasteiger partial charge in [0.2, 0.25) is 5.91 Å². The van der Waals surface area contributed by atoms with Crippen LogP contribution < -0.4 is 0 Å². The highest BCUT2D eigenvalue weighted by atomic mass is 16.6. The van der Waals surface area contributed by atoms with Crippen molar-refractivity contribution in [1.82, 2.24) is 4.90 Å². The molecule has 0 aliphatic carbocycles. The number of rotatable bonds is 0. The average Bonchev–Trinajstić information content (AvgIpc) is 2.43. The van der Waals surface area contributed by atoms with Crippen molar-refractivity contribution in [3.8, 4) is 0 Å². The topological polar surface area (TPSA) is 63.7 Å². The van der Waals surface area contributed by atoms with E-state index in [1.54, 1.807) is 0 Å². The molecule has 0 radical (unpaired) electrons. The third kappa shape index (κ3) is 1.20. The summed E-state index contributed by atoms with van der Waals surface area (Å²) in [5, 5.41) is 0. The number of fused-ring (bicyclic) bond motifs is 1. The molecule has 2 atom stereocenters. The van der Waals surface area contributed by atoms with Crippen LogP contribution in [0.4, 0.5) is 0 Å². The van der Waals surface area contributed by atoms with Crippen molar-refractivity contribution in [1.29, 1.82) is 0 Å². The quantitative estimate of drug-likeness (QED) is 0.395. The fraction of sp³-hybridized carbons (Fsp3) is 0.667. The molecule has 2 rings (SSSR count). The lowest BCUT2D eigenvalue weighted by Crippen LogP contribution is -2.49. The first kappa shape index (κ1) is 9.18. The van der Waals surface area contributed by atoms with Crippen LogP contribution >= 0.6 is 0 Å². The second-order valence-electron chi connectivity index (χ2n) is 3.65. The normalized spacial score (nSPS) is 31.4. The first-order valence-electron chi connectivity index (χ1n) is 4.64. The number of likely N-dealkylation sites (tertiary alicyclic amines) is 1. The van der Waals surface area contributed by atoms with Crippen molar-refractivity contribution in [3.63, 3.8) is 0 Å². The first-order valence-corrected chi connectivity index (χ1v) is 4.64. The minimum atomic E-state index is -0.659. The number of amides is 1. The van der Waals surface area contributed by atoms with Crippen molar-refractivity contribution in [3.05, 3.63) is 0 Å². The molecular formula is C9H11NO4. The predicted octanol–water partition coefficient (Wildman–Crippen LogP) is -0.303. The van der Waals surface area contributed by atoms with Gasteiger partial charge in [0, 0.05) is 13.5 Å². The standard InChI is InChI=1S/C9H11NO4/c1-5(11)10-4-2-3-6-7(10)9(13)14-8(6)12/h6-7H,2-4H2,1H3. The van der Waals surface area contributed by atoms with Crippen LogP contribution in [0.15, 0.2) is 0 Å². The predicted molar refractivity (Wildman–Crippen MR) is 45.0 cm³/mol. The second-order valence-corrected chi connectivity index (χ2v) is 3.65. The summed E-state index contributed by atoms with van der Waals surface area (Å²) < 4.78 is 4.52. The summed E-state index contributed by atoms with van der Waals surface area (Å²) in [4.78, 5) is 35.1. The van der Waals surface area contributed by atoms with Gasteiger partial charge in [-0.2, -0.15) is 0 Å². The Labute approximate surface area is 81.0 Å². The lowest BCUT2D eigenvalue weighted by molar-refractivity contribution is -0.155. The van der Waals surface area contributed by atoms with Crippen LogP contribution in [0.5, 0.6) is 0 Å². The molecule has 2 aliphatic heterocycles. The summed E-state index contributed by atoms with van der Waals surface area (Å²) in [6, 6.07) is -0.659. The van der Waals surface area contributed by atoms with E-state index >= 15 is 0 Å². The number of carbonyl (C=O) groups is 3. The Morgan fingerprint density at radius 2 is 2.14 bits per heavy atom. The fourth-order valence-electron chi connectivity index (χ4n) is 2.12. The van der Waals surface area contributed by atoms with Gasteiger partial charge in [0.1, 0.15) is 6.04 Å². The molecule has 5 nitrogen and oxygen atoms in total. The smallest absolute Gasteiger partial charge is 0.337 e. The second kappa shape index (κ2) is 3.08. The highest BCUT2D eigenvalue weighted by Crippen LogP contribution is 2.30. The van der Waals surface area contributed by atoms with Gasteiger partial charge < -0.3 is 9.64 Å². The van der Waals surface area contributed by atoms with Gasteiger partial charge in [0.15, 0.2) is 0 Å². The van der Waals surface area contributed by atoms with Crippen LogP contribution in [0.2, 0.25) is 0 Å². The minimum absolute atomic E-state index is 0.175. The number of hydrogen-bond donors (Lipinski definition) is 0. The summed E-state index contributed by atoms with van der Waals surface area (Å²) in [5.41, 5.74) is 0. The van der Waals surface area contributed by atoms with Crippen LogP contribution in [0.1, 0.15) is 19.8 Å². The molecule has 2 unspecified atom stereocenters. The molecule has 1 amide bonds. The summed E-state index contributed by atoms with van der Waals surface area (Å²) >= 11 is 0. The van der Waals surface area contributed by atoms with E-state index in [2.05, 4.69) is 4.74 Å². The zero-order valence-corrected chi connectivity index (χ0v) is 7.86. The Kier molecular flexibility index (Phi) is 2.02. The third-order valence-corrected chi connectivity index (χ3v) is 2.78. The Hall–Kier alpha value is -1.39. The molecular weight excluding hydrogens is 186 g/mol. The first-order chi connectivity index (χ1) is 6.61. The Balaban J connectivity index is 2.27. The molecule has 14 heavy (non-hydrogen) atoms. The van der Waals surface area contributed by atoms with Crippen LogP contribution in [-0.4, -0.2) is 35.3 Å². The number of piperidine rings is 1. The summed E-state index contributed by atoms with van der Waals surface area (Å²) in [6.45, 7) is 1.94. The van der Waals surface area contributed by atoms with Gasteiger partial charge in [-0.1, -0.05) is 0 Å². The van der Waals surface area contributed by atoms with Crippen LogP contribution in [0.25, 0.3) is 0 Å². The van der Waals surface area contributed by atoms with E-state index in [0.29, 0.717) is 13.0 Å². The molecule has 0 aromatic rings. The van der Waals surface area contributed by atoms with Gasteiger partial charge in [0.05, 0.1) is 5.92 Å². The van der Waals surface area contributed by atoms with Crippen LogP contribution in [0, 0.1) is 5.92 Å². The number of carbonyl (C=O) groups excluding carboxylic acids is 3. The molecule has 76 valence electrons. The maximum absolute atomic E-state index is 11.3. The number of cyclic esters (lactones) is 2. The SMILES string of the molecule is CC(=O)N1CCCC2C(=O)OC(=O)C21. The fourth-order valence-corrected chi connectivity index (χ4v) is 2.12. The van der Waals surface area contributed by atoms with Gasteiger partial charge in [-0.15, -0.1) is 0 Å². The number of nitrogens with zero attached hydrogens (tertiary/aromatic N) is 1. The summed E-state index contributed by atoms with van der Waals surface area (Å²) in [7, 11) is 0. The van der Waals surface area contributed by atoms with Gasteiger partial charge >= 0.3 is 11.9 Å². The number of hydrogen-bond acceptors (Lipinski definition) is 4. The molecule has 0 spiro atoms. The Morgan fingerprint density at radius 3 is 2.79 bits per heavy atom. The Morgan fingerprint density at radius 1 is 1.43 bits per heavy atom. The minimum Gasteiger partial charge on any atom is -0.391 e. The van der Waals surface area contributed by atoms with Gasteiger partial charge in [-0.25, -0.2) is 4.79 Å². The molecule has 5 heteroatoms. The molecule has 2 fully saturated rings. The van der Waals surface area contributed by atoms with Crippen molar-refractivity contribution in [2.24, 2.45) is 5.92 Å². The van der Waals surface area contributed by atoms with E-state index in [4.69, 9.17) is 0 Å². The Bertz CT molecular complexity index is 312. The maximum atomic E-state index is 11.3. The van der Waals surface area contributed by atoms with Crippen molar-refractivity contribution in [2.75, 3.05) is 6.54 Å². The van der Waals surface area contributed by atoms with E-state index in [1.165, 1.54) is 11.8 Å². The van der Waals surface area contributed by atoms with E-state index in [0.717, 1.165) is 6.42 Å². The molecule has 0 bridgehead atoms. The van der Waals surface area contributed by atoms with Crippen molar-refractivity contribution in [2.45, 2.75) is 25.8 Å². The molecule has 2 heterocycles. The number of esters is 2. The van der Waals surface area contributed by atoms with E-state index in [1.807, 2.05) is 0 Å². The zero-order valence-electron chi connectivity index (χ0n) is 7.86. The highest BCUT2D eigenvalue weighted by molar-refractivity contribution is 6.00. The van der Waals surface area contributed by atoms with Crippen LogP contribution in [-0.2, 0) is 19.1 Å². The molecule has 0 saturated carbocycles. The number of ether oxygens (including phenoxy) is 1. The lowest BCUT2D eigenvalue weighted by Gasteiger charge is -2.32. The largest absolute Gasteiger partial charge is 0.391 e. The lowest BCUT2D eigenvalue weighted by atomic mass is 9.91. The van der Waals surface area contributed by atoms with Crippen LogP contribution in [0.3, 0.4) is 0 Å². The molecule has 0 aromatic carbocycles. The van der Waals surface area contributed by atoms with Gasteiger partial charge in [-0.05, 0) is 12.8 Å². The zero-order chi connectivity index (χ0) is 10.3. The third-order valence-electron chi connectivity index (χ3n) is 2.78. The summed E-state index contributed by atoms with van der Waals surface area (Å²) in [6.07, 6.45) is 1.39. The van der Waals surface area contributed by atoms with E-state index in [-0.39, 0.29) is 5.91 Å². The van der Waals surface area contributed by atoms with E-state index in [9.17, 15) is 14.4 Å². The van der Waals surface area contributed by atoms with E-state index < -0.39 is 23.9 Å². The molecule has 2 saturated heterocycles. The average molecular weight is 197 g/mol. The van der Waals surface area contributed by atoms with Gasteiger partial charge in [0.25, 0.3) is 0 Å². The monoisotopic (exact) mass is 197 g/mol. The van der Waals surface area contributed by atoms with Crippen molar-refractivity contribution < 1.29 is 19.1 Å². The maximum Gasteiger partial charge on any atom is 0.337 e. The van der Waals surface area contributed by atoms with Crippen molar-refractivity contribution >= 4 is 17.8 Å². The molecule has 2 aliphatic rings. The van der Waals surface area contributed by atoms with Gasteiger partial charge in [-0.3, -0.25) is 9.59 Å². The molecule has 0 aromatic heterocycles. The molecule has 0 N–H and O–H groups in total. The summed E-state index contributed by atoms with van der Waals surface area (Å²) in [5.74, 6) is -1.66.